The quantitative estimate of drug-likeness (QED) is 0.418. The first-order valence-corrected chi connectivity index (χ1v) is 3.46. The molecule has 0 aliphatic rings. The summed E-state index contributed by atoms with van der Waals surface area (Å²) in [5.74, 6) is 0. The molecule has 0 aliphatic heterocycles. The van der Waals surface area contributed by atoms with Crippen molar-refractivity contribution in [3.05, 3.63) is 0 Å². The van der Waals surface area contributed by atoms with Gasteiger partial charge in [-0.15, -0.1) is 0 Å². The van der Waals surface area contributed by atoms with E-state index in [1.54, 1.807) is 0 Å². The maximum atomic E-state index is 8.59. The molecule has 0 fully saturated rings. The fraction of sp³-hybridized carbons (Fsp3) is 0. The summed E-state index contributed by atoms with van der Waals surface area (Å²) < 4.78 is 34.4. The van der Waals surface area contributed by atoms with Crippen LogP contribution < -0.4 is 8.38 Å². The van der Waals surface area contributed by atoms with Gasteiger partial charge in [0.1, 0.15) is 0 Å². The maximum absolute atomic E-state index is 8.59. The zero-order chi connectivity index (χ0) is 4.50. The standard InChI is InChI=1S/H2O4Se.Pb.2H/c1-5(2,3)4;;;/h(H2,1,2,3,4);;;/q;+2;;/p-2. The third-order valence-electron chi connectivity index (χ3n) is 0. The van der Waals surface area contributed by atoms with E-state index >= 15 is 0 Å². The van der Waals surface area contributed by atoms with Gasteiger partial charge in [-0.2, -0.15) is 0 Å². The Balaban J connectivity index is 0. The fourth-order valence-electron chi connectivity index (χ4n) is 0. The summed E-state index contributed by atoms with van der Waals surface area (Å²) in [7, 11) is 0. The van der Waals surface area contributed by atoms with Crippen LogP contribution in [-0.2, 0) is 7.67 Å². The first kappa shape index (κ1) is 10.1. The van der Waals surface area contributed by atoms with Gasteiger partial charge in [-0.25, -0.2) is 0 Å². The van der Waals surface area contributed by atoms with Crippen LogP contribution in [0.2, 0.25) is 0 Å². The van der Waals surface area contributed by atoms with E-state index in [9.17, 15) is 0 Å². The monoisotopic (exact) mass is 354 g/mol. The van der Waals surface area contributed by atoms with Crippen LogP contribution >= 0.6 is 0 Å². The predicted molar refractivity (Wildman–Crippen MR) is 15.7 cm³/mol. The van der Waals surface area contributed by atoms with Crippen LogP contribution in [0.4, 0.5) is 0 Å². The number of hydrogen-bond acceptors (Lipinski definition) is 4. The van der Waals surface area contributed by atoms with Crippen molar-refractivity contribution in [3.63, 3.8) is 0 Å². The second-order valence-corrected chi connectivity index (χ2v) is 2.12. The molecular formula is H2O4PbSe. The second kappa shape index (κ2) is 3.03. The summed E-state index contributed by atoms with van der Waals surface area (Å²) in [5, 5.41) is 0. The van der Waals surface area contributed by atoms with Crippen LogP contribution in [0.15, 0.2) is 0 Å². The third kappa shape index (κ3) is 84.2. The number of rotatable bonds is 0. The molecule has 6 heteroatoms. The molecule has 0 heterocycles. The van der Waals surface area contributed by atoms with Gasteiger partial charge in [0.15, 0.2) is 0 Å². The Bertz CT molecular complexity index is 90.7. The molecule has 0 amide bonds. The van der Waals surface area contributed by atoms with Crippen molar-refractivity contribution in [1.82, 2.24) is 0 Å². The molecule has 0 saturated heterocycles. The molecule has 0 aromatic rings. The van der Waals surface area contributed by atoms with Crippen LogP contribution in [0.3, 0.4) is 0 Å². The molecule has 6 heavy (non-hydrogen) atoms. The summed E-state index contributed by atoms with van der Waals surface area (Å²) in [5.41, 5.74) is 0. The zero-order valence-electron chi connectivity index (χ0n) is 2.75. The van der Waals surface area contributed by atoms with E-state index in [0.29, 0.717) is 0 Å². The van der Waals surface area contributed by atoms with E-state index in [-0.39, 0.29) is 27.3 Å². The Morgan fingerprint density at radius 3 is 1.17 bits per heavy atom. The van der Waals surface area contributed by atoms with Crippen molar-refractivity contribution in [1.29, 1.82) is 0 Å². The summed E-state index contributed by atoms with van der Waals surface area (Å²) in [6, 6.07) is 0. The van der Waals surface area contributed by atoms with Crippen molar-refractivity contribution in [2.24, 2.45) is 0 Å². The number of hydrogen-bond donors (Lipinski definition) is 0. The van der Waals surface area contributed by atoms with Gasteiger partial charge >= 0.3 is 56.7 Å². The summed E-state index contributed by atoms with van der Waals surface area (Å²) >= 11 is -5.75. The van der Waals surface area contributed by atoms with E-state index in [0.717, 1.165) is 0 Å². The Kier molecular flexibility index (Phi) is 5.07. The molecule has 0 atom stereocenters. The molecule has 0 aromatic heterocycles. The molecule has 0 spiro atoms. The molecule has 4 nitrogen and oxygen atoms in total. The molecule has 36 valence electrons. The van der Waals surface area contributed by atoms with Crippen molar-refractivity contribution in [3.8, 4) is 0 Å². The van der Waals surface area contributed by atoms with E-state index < -0.39 is 13.4 Å². The van der Waals surface area contributed by atoms with E-state index in [1.807, 2.05) is 0 Å². The molecule has 0 aliphatic carbocycles. The Morgan fingerprint density at radius 1 is 1.17 bits per heavy atom. The molecule has 0 rings (SSSR count). The van der Waals surface area contributed by atoms with Gasteiger partial charge in [-0.3, -0.25) is 0 Å². The molecule has 0 aromatic carbocycles. The van der Waals surface area contributed by atoms with Crippen LogP contribution in [0, 0.1) is 0 Å². The van der Waals surface area contributed by atoms with Gasteiger partial charge in [-0.05, 0) is 0 Å². The minimum atomic E-state index is -5.75. The van der Waals surface area contributed by atoms with Gasteiger partial charge in [0.25, 0.3) is 0 Å². The first-order chi connectivity index (χ1) is 2.00. The van der Waals surface area contributed by atoms with Crippen molar-refractivity contribution in [2.75, 3.05) is 0 Å². The van der Waals surface area contributed by atoms with Gasteiger partial charge in [0, 0.05) is 0 Å². The average molecular weight is 352 g/mol. The van der Waals surface area contributed by atoms with Crippen molar-refractivity contribution in [2.45, 2.75) is 0 Å². The van der Waals surface area contributed by atoms with Gasteiger partial charge in [0.05, 0.1) is 0 Å². The molecule has 0 unspecified atom stereocenters. The van der Waals surface area contributed by atoms with E-state index in [4.69, 9.17) is 16.0 Å². The summed E-state index contributed by atoms with van der Waals surface area (Å²) in [6.45, 7) is 0. The van der Waals surface area contributed by atoms with Crippen LogP contribution in [0.1, 0.15) is 0 Å². The molecular weight excluding hydrogens is 350 g/mol. The second-order valence-electron chi connectivity index (χ2n) is 0.408. The fourth-order valence-corrected chi connectivity index (χ4v) is 0. The SMILES string of the molecule is O=[Se](=O)([O-])[O-].[PbH2+2]. The van der Waals surface area contributed by atoms with Crippen LogP contribution in [0.5, 0.6) is 0 Å². The van der Waals surface area contributed by atoms with E-state index in [1.165, 1.54) is 0 Å². The van der Waals surface area contributed by atoms with Gasteiger partial charge in [0.2, 0.25) is 0 Å². The zero-order valence-corrected chi connectivity index (χ0v) is 9.96. The summed E-state index contributed by atoms with van der Waals surface area (Å²) in [4.78, 5) is 0. The Morgan fingerprint density at radius 2 is 1.17 bits per heavy atom. The molecule has 0 bridgehead atoms. The van der Waals surface area contributed by atoms with Crippen LogP contribution in [0.25, 0.3) is 0 Å². The molecule has 0 radical (unpaired) electrons. The Hall–Kier alpha value is 0.962. The predicted octanol–water partition coefficient (Wildman–Crippen LogP) is -3.91. The van der Waals surface area contributed by atoms with Crippen molar-refractivity contribution < 1.29 is 16.0 Å². The normalized spacial score (nSPS) is 9.67. The summed E-state index contributed by atoms with van der Waals surface area (Å²) in [6.07, 6.45) is 0. The first-order valence-electron chi connectivity index (χ1n) is 0.667. The third-order valence-corrected chi connectivity index (χ3v) is 0. The topological polar surface area (TPSA) is 80.3 Å². The van der Waals surface area contributed by atoms with Gasteiger partial charge in [-0.1, -0.05) is 0 Å². The molecule has 0 saturated carbocycles. The van der Waals surface area contributed by atoms with Crippen LogP contribution in [-0.4, -0.2) is 40.7 Å². The van der Waals surface area contributed by atoms with Crippen molar-refractivity contribution >= 4 is 40.7 Å². The molecule has 0 N–H and O–H groups in total. The van der Waals surface area contributed by atoms with Gasteiger partial charge < -0.3 is 0 Å². The average Bonchev–Trinajstić information content (AvgIpc) is 0.722. The minimum absolute atomic E-state index is 0. The Labute approximate surface area is 56.6 Å². The van der Waals surface area contributed by atoms with E-state index in [2.05, 4.69) is 0 Å².